The van der Waals surface area contributed by atoms with Gasteiger partial charge in [0.2, 0.25) is 5.91 Å². The summed E-state index contributed by atoms with van der Waals surface area (Å²) >= 11 is 0. The van der Waals surface area contributed by atoms with Gasteiger partial charge in [-0.25, -0.2) is 0 Å². The maximum absolute atomic E-state index is 12.0. The molecule has 17 heavy (non-hydrogen) atoms. The van der Waals surface area contributed by atoms with Crippen LogP contribution >= 0.6 is 0 Å². The maximum Gasteiger partial charge on any atom is 0.244 e. The van der Waals surface area contributed by atoms with Crippen molar-refractivity contribution in [3.63, 3.8) is 0 Å². The van der Waals surface area contributed by atoms with Gasteiger partial charge in [0, 0.05) is 0 Å². The highest BCUT2D eigenvalue weighted by molar-refractivity contribution is 5.98. The Balaban J connectivity index is 2.13. The van der Waals surface area contributed by atoms with Crippen molar-refractivity contribution in [2.24, 2.45) is 11.3 Å². The van der Waals surface area contributed by atoms with E-state index in [1.54, 1.807) is 18.2 Å². The molecule has 4 nitrogen and oxygen atoms in total. The van der Waals surface area contributed by atoms with Crippen LogP contribution in [0.15, 0.2) is 24.3 Å². The van der Waals surface area contributed by atoms with E-state index in [0.29, 0.717) is 24.4 Å². The number of carbonyl (C=O) groups excluding carboxylic acids is 1. The van der Waals surface area contributed by atoms with E-state index in [2.05, 4.69) is 11.4 Å². The number of anilines is 1. The Morgan fingerprint density at radius 1 is 1.53 bits per heavy atom. The molecule has 0 aromatic heterocycles. The van der Waals surface area contributed by atoms with E-state index in [1.807, 2.05) is 6.92 Å². The number of nitriles is 1. The number of phenolic OH excluding ortho intramolecular Hbond substituents is 1. The van der Waals surface area contributed by atoms with Gasteiger partial charge < -0.3 is 10.4 Å². The summed E-state index contributed by atoms with van der Waals surface area (Å²) in [6.45, 7) is 2.02. The van der Waals surface area contributed by atoms with Gasteiger partial charge in [0.05, 0.1) is 11.8 Å². The minimum Gasteiger partial charge on any atom is -0.506 e. The molecule has 1 aromatic rings. The molecule has 0 unspecified atom stereocenters. The van der Waals surface area contributed by atoms with Crippen LogP contribution in [-0.4, -0.2) is 11.0 Å². The van der Waals surface area contributed by atoms with Crippen LogP contribution in [0.3, 0.4) is 0 Å². The van der Waals surface area contributed by atoms with Crippen molar-refractivity contribution in [2.75, 3.05) is 5.32 Å². The summed E-state index contributed by atoms with van der Waals surface area (Å²) in [7, 11) is 0. The zero-order valence-corrected chi connectivity index (χ0v) is 9.60. The molecule has 1 aliphatic carbocycles. The average molecular weight is 230 g/mol. The van der Waals surface area contributed by atoms with Gasteiger partial charge in [-0.3, -0.25) is 4.79 Å². The van der Waals surface area contributed by atoms with Crippen molar-refractivity contribution in [3.8, 4) is 11.8 Å². The highest BCUT2D eigenvalue weighted by Gasteiger charge is 2.49. The second kappa shape index (κ2) is 4.10. The lowest BCUT2D eigenvalue weighted by atomic mass is 9.63. The second-order valence-corrected chi connectivity index (χ2v) is 4.68. The summed E-state index contributed by atoms with van der Waals surface area (Å²) < 4.78 is 0. The molecule has 2 rings (SSSR count). The van der Waals surface area contributed by atoms with E-state index in [0.717, 1.165) is 0 Å². The van der Waals surface area contributed by atoms with Gasteiger partial charge >= 0.3 is 0 Å². The van der Waals surface area contributed by atoms with Crippen LogP contribution in [0.4, 0.5) is 5.69 Å². The topological polar surface area (TPSA) is 73.1 Å². The number of rotatable bonds is 2. The summed E-state index contributed by atoms with van der Waals surface area (Å²) in [5.41, 5.74) is -0.562. The van der Waals surface area contributed by atoms with Crippen LogP contribution in [0.1, 0.15) is 19.8 Å². The first-order chi connectivity index (χ1) is 8.07. The molecule has 1 aromatic carbocycles. The molecule has 1 fully saturated rings. The van der Waals surface area contributed by atoms with E-state index in [1.165, 1.54) is 6.07 Å². The molecular formula is C13H14N2O2. The summed E-state index contributed by atoms with van der Waals surface area (Å²) in [4.78, 5) is 12.0. The predicted molar refractivity (Wildman–Crippen MR) is 63.2 cm³/mol. The van der Waals surface area contributed by atoms with Gasteiger partial charge in [-0.15, -0.1) is 0 Å². The summed E-state index contributed by atoms with van der Waals surface area (Å²) in [5, 5.41) is 21.3. The van der Waals surface area contributed by atoms with Gasteiger partial charge in [0.25, 0.3) is 0 Å². The standard InChI is InChI=1S/C13H14N2O2/c1-9-6-13(7-9,8-14)12(17)15-10-4-2-3-5-11(10)16/h2-5,9,16H,6-7H2,1H3,(H,15,17). The first-order valence-electron chi connectivity index (χ1n) is 5.58. The van der Waals surface area contributed by atoms with Gasteiger partial charge in [-0.2, -0.15) is 5.26 Å². The monoisotopic (exact) mass is 230 g/mol. The number of amides is 1. The minimum absolute atomic E-state index is 0.0151. The Hall–Kier alpha value is -2.02. The van der Waals surface area contributed by atoms with Crippen molar-refractivity contribution >= 4 is 11.6 Å². The van der Waals surface area contributed by atoms with Crippen LogP contribution < -0.4 is 5.32 Å². The fourth-order valence-corrected chi connectivity index (χ4v) is 2.28. The van der Waals surface area contributed by atoms with E-state index < -0.39 is 5.41 Å². The Morgan fingerprint density at radius 2 is 2.18 bits per heavy atom. The first kappa shape index (κ1) is 11.5. The normalized spacial score (nSPS) is 26.7. The molecule has 0 aliphatic heterocycles. The van der Waals surface area contributed by atoms with Crippen LogP contribution in [0.2, 0.25) is 0 Å². The van der Waals surface area contributed by atoms with Crippen molar-refractivity contribution in [3.05, 3.63) is 24.3 Å². The molecule has 0 heterocycles. The zero-order valence-electron chi connectivity index (χ0n) is 9.60. The summed E-state index contributed by atoms with van der Waals surface area (Å²) in [6.07, 6.45) is 1.17. The van der Waals surface area contributed by atoms with Crippen molar-refractivity contribution in [1.82, 2.24) is 0 Å². The fraction of sp³-hybridized carbons (Fsp3) is 0.385. The van der Waals surface area contributed by atoms with Crippen LogP contribution in [0, 0.1) is 22.7 Å². The van der Waals surface area contributed by atoms with Gasteiger partial charge in [0.1, 0.15) is 11.2 Å². The number of phenols is 1. The Bertz CT molecular complexity index is 484. The first-order valence-corrected chi connectivity index (χ1v) is 5.58. The Labute approximate surface area is 99.9 Å². The number of hydrogen-bond donors (Lipinski definition) is 2. The highest BCUT2D eigenvalue weighted by atomic mass is 16.3. The lowest BCUT2D eigenvalue weighted by Crippen LogP contribution is -2.45. The molecule has 2 N–H and O–H groups in total. The number of aromatic hydroxyl groups is 1. The lowest BCUT2D eigenvalue weighted by molar-refractivity contribution is -0.128. The summed E-state index contributed by atoms with van der Waals surface area (Å²) in [6, 6.07) is 8.60. The van der Waals surface area contributed by atoms with E-state index in [4.69, 9.17) is 5.26 Å². The van der Waals surface area contributed by atoms with Crippen LogP contribution in [0.5, 0.6) is 5.75 Å². The van der Waals surface area contributed by atoms with E-state index in [9.17, 15) is 9.90 Å². The number of para-hydroxylation sites is 2. The number of hydrogen-bond acceptors (Lipinski definition) is 3. The molecule has 0 spiro atoms. The molecule has 0 radical (unpaired) electrons. The van der Waals surface area contributed by atoms with Crippen molar-refractivity contribution in [2.45, 2.75) is 19.8 Å². The highest BCUT2D eigenvalue weighted by Crippen LogP contribution is 2.45. The number of nitrogens with zero attached hydrogens (tertiary/aromatic N) is 1. The minimum atomic E-state index is -0.915. The fourth-order valence-electron chi connectivity index (χ4n) is 2.28. The SMILES string of the molecule is CC1CC(C#N)(C(=O)Nc2ccccc2O)C1. The molecule has 1 amide bonds. The third-order valence-corrected chi connectivity index (χ3v) is 3.19. The lowest BCUT2D eigenvalue weighted by Gasteiger charge is -2.39. The molecule has 0 bridgehead atoms. The quantitative estimate of drug-likeness (QED) is 0.765. The Morgan fingerprint density at radius 3 is 2.71 bits per heavy atom. The second-order valence-electron chi connectivity index (χ2n) is 4.68. The van der Waals surface area contributed by atoms with Gasteiger partial charge in [0.15, 0.2) is 0 Å². The third-order valence-electron chi connectivity index (χ3n) is 3.19. The Kier molecular flexibility index (Phi) is 2.76. The molecule has 1 aliphatic rings. The van der Waals surface area contributed by atoms with Crippen LogP contribution in [0.25, 0.3) is 0 Å². The third kappa shape index (κ3) is 1.96. The average Bonchev–Trinajstić information content (AvgIpc) is 2.27. The maximum atomic E-state index is 12.0. The molecule has 4 heteroatoms. The molecule has 1 saturated carbocycles. The smallest absolute Gasteiger partial charge is 0.244 e. The number of benzene rings is 1. The summed E-state index contributed by atoms with van der Waals surface area (Å²) in [5.74, 6) is 0.102. The predicted octanol–water partition coefficient (Wildman–Crippen LogP) is 2.27. The molecule has 0 atom stereocenters. The largest absolute Gasteiger partial charge is 0.506 e. The number of carbonyl (C=O) groups is 1. The van der Waals surface area contributed by atoms with Crippen molar-refractivity contribution < 1.29 is 9.90 Å². The molecule has 88 valence electrons. The van der Waals surface area contributed by atoms with Crippen molar-refractivity contribution in [1.29, 1.82) is 5.26 Å². The molecule has 0 saturated heterocycles. The van der Waals surface area contributed by atoms with Gasteiger partial charge in [-0.05, 0) is 30.9 Å². The van der Waals surface area contributed by atoms with Gasteiger partial charge in [-0.1, -0.05) is 19.1 Å². The molecular weight excluding hydrogens is 216 g/mol. The van der Waals surface area contributed by atoms with Crippen LogP contribution in [-0.2, 0) is 4.79 Å². The zero-order chi connectivity index (χ0) is 12.5. The van der Waals surface area contributed by atoms with E-state index >= 15 is 0 Å². The number of nitrogens with one attached hydrogen (secondary N) is 1. The van der Waals surface area contributed by atoms with E-state index in [-0.39, 0.29) is 11.7 Å².